The summed E-state index contributed by atoms with van der Waals surface area (Å²) in [4.78, 5) is 19.0. The summed E-state index contributed by atoms with van der Waals surface area (Å²) in [5.74, 6) is 6.15. The molecule has 0 aromatic carbocycles. The van der Waals surface area contributed by atoms with Crippen molar-refractivity contribution in [2.24, 2.45) is 5.84 Å². The van der Waals surface area contributed by atoms with Gasteiger partial charge in [-0.2, -0.15) is 4.98 Å². The SMILES string of the molecule is CCNC(=O)CCNc1ccnc(NN)n1. The predicted molar refractivity (Wildman–Crippen MR) is 61.6 cm³/mol. The van der Waals surface area contributed by atoms with Gasteiger partial charge in [-0.05, 0) is 13.0 Å². The average Bonchev–Trinajstić information content (AvgIpc) is 2.30. The third kappa shape index (κ3) is 4.09. The van der Waals surface area contributed by atoms with Gasteiger partial charge < -0.3 is 10.6 Å². The van der Waals surface area contributed by atoms with Gasteiger partial charge in [-0.1, -0.05) is 0 Å². The van der Waals surface area contributed by atoms with Crippen LogP contribution in [0.25, 0.3) is 0 Å². The molecule has 1 aromatic heterocycles. The van der Waals surface area contributed by atoms with Crippen molar-refractivity contribution in [3.05, 3.63) is 12.3 Å². The molecule has 0 bridgehead atoms. The van der Waals surface area contributed by atoms with Gasteiger partial charge in [0.15, 0.2) is 0 Å². The summed E-state index contributed by atoms with van der Waals surface area (Å²) in [6.07, 6.45) is 1.99. The smallest absolute Gasteiger partial charge is 0.239 e. The van der Waals surface area contributed by atoms with Crippen molar-refractivity contribution >= 4 is 17.7 Å². The molecular weight excluding hydrogens is 208 g/mol. The van der Waals surface area contributed by atoms with Crippen molar-refractivity contribution in [2.75, 3.05) is 23.8 Å². The maximum absolute atomic E-state index is 11.1. The number of nitrogen functional groups attached to an aromatic ring is 1. The second-order valence-corrected chi connectivity index (χ2v) is 3.04. The summed E-state index contributed by atoms with van der Waals surface area (Å²) in [5, 5.41) is 5.71. The molecule has 88 valence electrons. The van der Waals surface area contributed by atoms with Crippen molar-refractivity contribution in [1.82, 2.24) is 15.3 Å². The maximum Gasteiger partial charge on any atom is 0.239 e. The molecule has 16 heavy (non-hydrogen) atoms. The number of rotatable bonds is 6. The zero-order chi connectivity index (χ0) is 11.8. The molecule has 0 saturated heterocycles. The van der Waals surface area contributed by atoms with Crippen molar-refractivity contribution in [2.45, 2.75) is 13.3 Å². The van der Waals surface area contributed by atoms with Crippen LogP contribution in [0.2, 0.25) is 0 Å². The second-order valence-electron chi connectivity index (χ2n) is 3.04. The van der Waals surface area contributed by atoms with E-state index >= 15 is 0 Å². The van der Waals surface area contributed by atoms with Gasteiger partial charge in [-0.25, -0.2) is 10.8 Å². The number of aromatic nitrogens is 2. The van der Waals surface area contributed by atoms with Gasteiger partial charge in [0.2, 0.25) is 11.9 Å². The molecular formula is C9H16N6O. The summed E-state index contributed by atoms with van der Waals surface area (Å²) in [6.45, 7) is 3.05. The van der Waals surface area contributed by atoms with Gasteiger partial charge in [0.1, 0.15) is 5.82 Å². The van der Waals surface area contributed by atoms with E-state index in [1.165, 1.54) is 0 Å². The summed E-state index contributed by atoms with van der Waals surface area (Å²) < 4.78 is 0. The van der Waals surface area contributed by atoms with Crippen LogP contribution in [0.3, 0.4) is 0 Å². The number of nitrogens with zero attached hydrogens (tertiary/aromatic N) is 2. The van der Waals surface area contributed by atoms with E-state index in [0.29, 0.717) is 31.3 Å². The number of hydrogen-bond donors (Lipinski definition) is 4. The lowest BCUT2D eigenvalue weighted by Crippen LogP contribution is -2.24. The van der Waals surface area contributed by atoms with Crippen LogP contribution in [0.1, 0.15) is 13.3 Å². The molecule has 0 fully saturated rings. The number of hydrogen-bond acceptors (Lipinski definition) is 6. The molecule has 0 aliphatic rings. The number of amides is 1. The van der Waals surface area contributed by atoms with E-state index in [-0.39, 0.29) is 5.91 Å². The highest BCUT2D eigenvalue weighted by atomic mass is 16.1. The van der Waals surface area contributed by atoms with Crippen LogP contribution in [0.15, 0.2) is 12.3 Å². The van der Waals surface area contributed by atoms with E-state index in [1.807, 2.05) is 6.92 Å². The highest BCUT2D eigenvalue weighted by Gasteiger charge is 2.00. The molecule has 0 aliphatic heterocycles. The van der Waals surface area contributed by atoms with Crippen LogP contribution < -0.4 is 21.9 Å². The molecule has 1 aromatic rings. The molecule has 0 spiro atoms. The van der Waals surface area contributed by atoms with Gasteiger partial charge >= 0.3 is 0 Å². The zero-order valence-corrected chi connectivity index (χ0v) is 9.16. The van der Waals surface area contributed by atoms with Gasteiger partial charge in [-0.3, -0.25) is 10.2 Å². The van der Waals surface area contributed by atoms with E-state index in [2.05, 4.69) is 26.0 Å². The number of nitrogens with one attached hydrogen (secondary N) is 3. The first kappa shape index (κ1) is 12.2. The number of nitrogens with two attached hydrogens (primary N) is 1. The van der Waals surface area contributed by atoms with Crippen molar-refractivity contribution in [3.8, 4) is 0 Å². The number of anilines is 2. The predicted octanol–water partition coefficient (Wildman–Crippen LogP) is -0.300. The molecule has 7 heteroatoms. The van der Waals surface area contributed by atoms with Gasteiger partial charge in [0.05, 0.1) is 0 Å². The minimum absolute atomic E-state index is 0.0150. The van der Waals surface area contributed by atoms with Crippen LogP contribution in [0.4, 0.5) is 11.8 Å². The van der Waals surface area contributed by atoms with Gasteiger partial charge in [0.25, 0.3) is 0 Å². The topological polar surface area (TPSA) is 105 Å². The average molecular weight is 224 g/mol. The van der Waals surface area contributed by atoms with Crippen molar-refractivity contribution < 1.29 is 4.79 Å². The summed E-state index contributed by atoms with van der Waals surface area (Å²) in [7, 11) is 0. The summed E-state index contributed by atoms with van der Waals surface area (Å²) in [5.41, 5.74) is 2.35. The normalized spacial score (nSPS) is 9.62. The lowest BCUT2D eigenvalue weighted by molar-refractivity contribution is -0.120. The minimum atomic E-state index is 0.0150. The zero-order valence-electron chi connectivity index (χ0n) is 9.16. The number of carbonyl (C=O) groups is 1. The van der Waals surface area contributed by atoms with E-state index < -0.39 is 0 Å². The molecule has 0 saturated carbocycles. The minimum Gasteiger partial charge on any atom is -0.369 e. The second kappa shape index (κ2) is 6.57. The Bertz CT molecular complexity index is 343. The van der Waals surface area contributed by atoms with E-state index in [9.17, 15) is 4.79 Å². The van der Waals surface area contributed by atoms with Crippen LogP contribution in [-0.2, 0) is 4.79 Å². The Labute approximate surface area is 93.8 Å². The molecule has 0 atom stereocenters. The van der Waals surface area contributed by atoms with Crippen LogP contribution in [0, 0.1) is 0 Å². The fraction of sp³-hybridized carbons (Fsp3) is 0.444. The van der Waals surface area contributed by atoms with Crippen molar-refractivity contribution in [1.29, 1.82) is 0 Å². The monoisotopic (exact) mass is 224 g/mol. The third-order valence-electron chi connectivity index (χ3n) is 1.82. The number of carbonyl (C=O) groups excluding carboxylic acids is 1. The fourth-order valence-corrected chi connectivity index (χ4v) is 1.12. The van der Waals surface area contributed by atoms with Gasteiger partial charge in [-0.15, -0.1) is 0 Å². The lowest BCUT2D eigenvalue weighted by Gasteiger charge is -2.06. The van der Waals surface area contributed by atoms with E-state index in [4.69, 9.17) is 5.84 Å². The first-order valence-corrected chi connectivity index (χ1v) is 5.06. The Hall–Kier alpha value is -1.89. The quantitative estimate of drug-likeness (QED) is 0.390. The van der Waals surface area contributed by atoms with Crippen LogP contribution in [-0.4, -0.2) is 29.0 Å². The largest absolute Gasteiger partial charge is 0.369 e. The van der Waals surface area contributed by atoms with Crippen LogP contribution >= 0.6 is 0 Å². The highest BCUT2D eigenvalue weighted by Crippen LogP contribution is 2.03. The Kier molecular flexibility index (Phi) is 5.00. The Balaban J connectivity index is 2.34. The molecule has 1 heterocycles. The third-order valence-corrected chi connectivity index (χ3v) is 1.82. The number of hydrazine groups is 1. The van der Waals surface area contributed by atoms with Crippen LogP contribution in [0.5, 0.6) is 0 Å². The summed E-state index contributed by atoms with van der Waals surface area (Å²) in [6, 6.07) is 1.71. The molecule has 1 amide bonds. The Morgan fingerprint density at radius 3 is 3.06 bits per heavy atom. The van der Waals surface area contributed by atoms with E-state index in [0.717, 1.165) is 0 Å². The summed E-state index contributed by atoms with van der Waals surface area (Å²) >= 11 is 0. The highest BCUT2D eigenvalue weighted by molar-refractivity contribution is 5.76. The Morgan fingerprint density at radius 1 is 1.56 bits per heavy atom. The molecule has 0 unspecified atom stereocenters. The first-order chi connectivity index (χ1) is 7.76. The fourth-order valence-electron chi connectivity index (χ4n) is 1.12. The Morgan fingerprint density at radius 2 is 2.38 bits per heavy atom. The molecule has 1 rings (SSSR count). The molecule has 0 aliphatic carbocycles. The van der Waals surface area contributed by atoms with E-state index in [1.54, 1.807) is 12.3 Å². The molecule has 0 radical (unpaired) electrons. The van der Waals surface area contributed by atoms with Gasteiger partial charge in [0, 0.05) is 25.7 Å². The first-order valence-electron chi connectivity index (χ1n) is 5.06. The maximum atomic E-state index is 11.1. The molecule has 5 N–H and O–H groups in total. The van der Waals surface area contributed by atoms with Crippen molar-refractivity contribution in [3.63, 3.8) is 0 Å². The lowest BCUT2D eigenvalue weighted by atomic mass is 10.4. The molecule has 7 nitrogen and oxygen atoms in total. The standard InChI is InChI=1S/C9H16N6O/c1-2-11-8(16)4-6-12-7-3-5-13-9(14-7)15-10/h3,5H,2,4,6,10H2,1H3,(H,11,16)(H2,12,13,14,15).